The quantitative estimate of drug-likeness (QED) is 0.658. The van der Waals surface area contributed by atoms with Gasteiger partial charge in [-0.25, -0.2) is 9.82 Å². The van der Waals surface area contributed by atoms with E-state index in [4.69, 9.17) is 9.47 Å². The summed E-state index contributed by atoms with van der Waals surface area (Å²) in [5.74, 6) is 0.281. The lowest BCUT2D eigenvalue weighted by Crippen LogP contribution is -2.24. The average molecular weight is 302 g/mol. The summed E-state index contributed by atoms with van der Waals surface area (Å²) in [6, 6.07) is 12.8. The third kappa shape index (κ3) is 4.59. The minimum absolute atomic E-state index is 0.193. The first-order valence-corrected chi connectivity index (χ1v) is 6.52. The van der Waals surface area contributed by atoms with Gasteiger partial charge < -0.3 is 9.47 Å². The number of hydrazone groups is 1. The maximum absolute atomic E-state index is 12.7. The van der Waals surface area contributed by atoms with E-state index in [0.29, 0.717) is 17.1 Å². The van der Waals surface area contributed by atoms with Crippen LogP contribution in [-0.4, -0.2) is 25.8 Å². The Morgan fingerprint density at radius 3 is 2.55 bits per heavy atom. The van der Waals surface area contributed by atoms with Crippen LogP contribution in [0.25, 0.3) is 0 Å². The molecular weight excluding hydrogens is 287 g/mol. The number of amides is 1. The van der Waals surface area contributed by atoms with Crippen molar-refractivity contribution in [1.82, 2.24) is 5.43 Å². The molecule has 2 rings (SSSR count). The van der Waals surface area contributed by atoms with E-state index < -0.39 is 5.91 Å². The Bertz CT molecular complexity index is 657. The van der Waals surface area contributed by atoms with Crippen LogP contribution in [0.4, 0.5) is 4.39 Å². The van der Waals surface area contributed by atoms with E-state index >= 15 is 0 Å². The fourth-order valence-electron chi connectivity index (χ4n) is 1.64. The number of carbonyl (C=O) groups is 1. The molecular formula is C16H15FN2O3. The molecule has 0 radical (unpaired) electrons. The molecule has 0 unspecified atom stereocenters. The van der Waals surface area contributed by atoms with Crippen LogP contribution in [0.15, 0.2) is 53.6 Å². The highest BCUT2D eigenvalue weighted by Crippen LogP contribution is 2.25. The third-order valence-electron chi connectivity index (χ3n) is 2.70. The van der Waals surface area contributed by atoms with Crippen molar-refractivity contribution < 1.29 is 18.7 Å². The first-order chi connectivity index (χ1) is 10.7. The molecule has 0 heterocycles. The van der Waals surface area contributed by atoms with Gasteiger partial charge in [-0.3, -0.25) is 4.79 Å². The van der Waals surface area contributed by atoms with E-state index in [-0.39, 0.29) is 12.4 Å². The second kappa shape index (κ2) is 7.78. The van der Waals surface area contributed by atoms with Gasteiger partial charge in [0, 0.05) is 0 Å². The molecule has 2 aromatic rings. The maximum Gasteiger partial charge on any atom is 0.277 e. The highest BCUT2D eigenvalue weighted by Gasteiger charge is 2.05. The predicted molar refractivity (Wildman–Crippen MR) is 80.6 cm³/mol. The lowest BCUT2D eigenvalue weighted by Gasteiger charge is -2.09. The van der Waals surface area contributed by atoms with Crippen molar-refractivity contribution in [3.8, 4) is 11.5 Å². The summed E-state index contributed by atoms with van der Waals surface area (Å²) < 4.78 is 23.2. The van der Waals surface area contributed by atoms with E-state index in [2.05, 4.69) is 10.5 Å². The molecule has 0 saturated carbocycles. The van der Waals surface area contributed by atoms with E-state index in [1.165, 1.54) is 25.5 Å². The van der Waals surface area contributed by atoms with Gasteiger partial charge in [0.1, 0.15) is 5.82 Å². The number of benzene rings is 2. The minimum Gasteiger partial charge on any atom is -0.493 e. The monoisotopic (exact) mass is 302 g/mol. The Kier molecular flexibility index (Phi) is 5.48. The molecule has 6 heteroatoms. The number of hydrogen-bond donors (Lipinski definition) is 1. The Morgan fingerprint density at radius 1 is 1.18 bits per heavy atom. The number of carbonyl (C=O) groups excluding carboxylic acids is 1. The molecule has 0 aliphatic heterocycles. The van der Waals surface area contributed by atoms with Gasteiger partial charge in [0.2, 0.25) is 0 Å². The molecule has 0 fully saturated rings. The van der Waals surface area contributed by atoms with Gasteiger partial charge in [0.15, 0.2) is 18.1 Å². The minimum atomic E-state index is -0.413. The fourth-order valence-corrected chi connectivity index (χ4v) is 1.64. The van der Waals surface area contributed by atoms with E-state index in [1.807, 2.05) is 0 Å². The summed E-state index contributed by atoms with van der Waals surface area (Å²) >= 11 is 0. The molecule has 1 amide bonds. The SMILES string of the molecule is COc1ccccc1OCC(=O)N/N=C\c1ccc(F)cc1. The van der Waals surface area contributed by atoms with Crippen LogP contribution >= 0.6 is 0 Å². The standard InChI is InChI=1S/C16H15FN2O3/c1-21-14-4-2-3-5-15(14)22-11-16(20)19-18-10-12-6-8-13(17)9-7-12/h2-10H,11H2,1H3,(H,19,20)/b18-10-. The Hall–Kier alpha value is -2.89. The smallest absolute Gasteiger partial charge is 0.277 e. The lowest BCUT2D eigenvalue weighted by atomic mass is 10.2. The molecule has 0 bridgehead atoms. The number of methoxy groups -OCH3 is 1. The van der Waals surface area contributed by atoms with Crippen LogP contribution in [0.5, 0.6) is 11.5 Å². The molecule has 0 atom stereocenters. The van der Waals surface area contributed by atoms with Crippen molar-refractivity contribution in [3.05, 3.63) is 59.9 Å². The first kappa shape index (κ1) is 15.5. The highest BCUT2D eigenvalue weighted by molar-refractivity contribution is 5.82. The number of rotatable bonds is 6. The van der Waals surface area contributed by atoms with Crippen molar-refractivity contribution in [1.29, 1.82) is 0 Å². The number of nitrogens with one attached hydrogen (secondary N) is 1. The second-order valence-electron chi connectivity index (χ2n) is 4.28. The summed E-state index contributed by atoms with van der Waals surface area (Å²) in [5, 5.41) is 3.77. The van der Waals surface area contributed by atoms with Crippen LogP contribution < -0.4 is 14.9 Å². The molecule has 114 valence electrons. The second-order valence-corrected chi connectivity index (χ2v) is 4.28. The van der Waals surface area contributed by atoms with Gasteiger partial charge >= 0.3 is 0 Å². The molecule has 0 spiro atoms. The normalized spacial score (nSPS) is 10.5. The van der Waals surface area contributed by atoms with Crippen molar-refractivity contribution >= 4 is 12.1 Å². The summed E-state index contributed by atoms with van der Waals surface area (Å²) in [5.41, 5.74) is 3.00. The Balaban J connectivity index is 1.82. The van der Waals surface area contributed by atoms with Crippen LogP contribution in [0.1, 0.15) is 5.56 Å². The van der Waals surface area contributed by atoms with Crippen LogP contribution in [0.3, 0.4) is 0 Å². The molecule has 22 heavy (non-hydrogen) atoms. The predicted octanol–water partition coefficient (Wildman–Crippen LogP) is 2.36. The lowest BCUT2D eigenvalue weighted by molar-refractivity contribution is -0.123. The number of para-hydroxylation sites is 2. The molecule has 0 saturated heterocycles. The average Bonchev–Trinajstić information content (AvgIpc) is 2.55. The molecule has 0 aliphatic rings. The van der Waals surface area contributed by atoms with Crippen molar-refractivity contribution in [3.63, 3.8) is 0 Å². The summed E-state index contributed by atoms with van der Waals surface area (Å²) in [7, 11) is 1.52. The Morgan fingerprint density at radius 2 is 1.86 bits per heavy atom. The van der Waals surface area contributed by atoms with Crippen LogP contribution in [0, 0.1) is 5.82 Å². The summed E-state index contributed by atoms with van der Waals surface area (Å²) in [6.07, 6.45) is 1.42. The van der Waals surface area contributed by atoms with Gasteiger partial charge in [-0.2, -0.15) is 5.10 Å². The highest BCUT2D eigenvalue weighted by atomic mass is 19.1. The largest absolute Gasteiger partial charge is 0.493 e. The van der Waals surface area contributed by atoms with Crippen molar-refractivity contribution in [2.75, 3.05) is 13.7 Å². The number of halogens is 1. The van der Waals surface area contributed by atoms with E-state index in [0.717, 1.165) is 0 Å². The van der Waals surface area contributed by atoms with Gasteiger partial charge in [0.25, 0.3) is 5.91 Å². The molecule has 5 nitrogen and oxygen atoms in total. The van der Waals surface area contributed by atoms with Gasteiger partial charge in [0.05, 0.1) is 13.3 Å². The summed E-state index contributed by atoms with van der Waals surface area (Å²) in [6.45, 7) is -0.193. The fraction of sp³-hybridized carbons (Fsp3) is 0.125. The topological polar surface area (TPSA) is 59.9 Å². The molecule has 0 aliphatic carbocycles. The zero-order chi connectivity index (χ0) is 15.8. The van der Waals surface area contributed by atoms with E-state index in [1.54, 1.807) is 36.4 Å². The van der Waals surface area contributed by atoms with Crippen molar-refractivity contribution in [2.24, 2.45) is 5.10 Å². The van der Waals surface area contributed by atoms with Gasteiger partial charge in [-0.1, -0.05) is 24.3 Å². The zero-order valence-electron chi connectivity index (χ0n) is 12.0. The van der Waals surface area contributed by atoms with E-state index in [9.17, 15) is 9.18 Å². The number of hydrogen-bond acceptors (Lipinski definition) is 4. The maximum atomic E-state index is 12.7. The van der Waals surface area contributed by atoms with Crippen molar-refractivity contribution in [2.45, 2.75) is 0 Å². The molecule has 1 N–H and O–H groups in total. The Labute approximate surface area is 127 Å². The van der Waals surface area contributed by atoms with Gasteiger partial charge in [-0.05, 0) is 29.8 Å². The summed E-state index contributed by atoms with van der Waals surface area (Å²) in [4.78, 5) is 11.6. The van der Waals surface area contributed by atoms with Crippen LogP contribution in [0.2, 0.25) is 0 Å². The number of nitrogens with zero attached hydrogens (tertiary/aromatic N) is 1. The first-order valence-electron chi connectivity index (χ1n) is 6.52. The molecule has 0 aromatic heterocycles. The zero-order valence-corrected chi connectivity index (χ0v) is 12.0. The molecule has 2 aromatic carbocycles. The number of ether oxygens (including phenoxy) is 2. The van der Waals surface area contributed by atoms with Crippen LogP contribution in [-0.2, 0) is 4.79 Å². The van der Waals surface area contributed by atoms with Gasteiger partial charge in [-0.15, -0.1) is 0 Å². The third-order valence-corrected chi connectivity index (χ3v) is 2.70.